The smallest absolute Gasteiger partial charge is 0.220 e. The van der Waals surface area contributed by atoms with Crippen molar-refractivity contribution in [3.63, 3.8) is 0 Å². The summed E-state index contributed by atoms with van der Waals surface area (Å²) in [7, 11) is 1.67. The highest BCUT2D eigenvalue weighted by molar-refractivity contribution is 5.76. The average Bonchev–Trinajstić information content (AvgIpc) is 2.43. The van der Waals surface area contributed by atoms with E-state index in [4.69, 9.17) is 10.5 Å². The number of nitrogens with two attached hydrogens (primary N) is 1. The minimum absolute atomic E-state index is 0.111. The largest absolute Gasteiger partial charge is 0.382 e. The van der Waals surface area contributed by atoms with E-state index in [9.17, 15) is 4.79 Å². The van der Waals surface area contributed by atoms with E-state index in [-0.39, 0.29) is 18.1 Å². The Morgan fingerprint density at radius 1 is 1.39 bits per heavy atom. The summed E-state index contributed by atoms with van der Waals surface area (Å²) < 4.78 is 5.14. The van der Waals surface area contributed by atoms with Crippen molar-refractivity contribution in [2.75, 3.05) is 13.7 Å². The molecule has 1 saturated carbocycles. The molecule has 18 heavy (non-hydrogen) atoms. The molecule has 0 aromatic rings. The molecule has 0 aromatic heterocycles. The van der Waals surface area contributed by atoms with Gasteiger partial charge >= 0.3 is 0 Å². The number of rotatable bonds is 7. The van der Waals surface area contributed by atoms with Crippen LogP contribution in [-0.4, -0.2) is 31.7 Å². The number of ether oxygens (including phenoxy) is 1. The van der Waals surface area contributed by atoms with Crippen LogP contribution in [0.15, 0.2) is 0 Å². The van der Waals surface area contributed by atoms with Gasteiger partial charge < -0.3 is 15.8 Å². The van der Waals surface area contributed by atoms with Crippen molar-refractivity contribution in [2.45, 2.75) is 64.0 Å². The van der Waals surface area contributed by atoms with E-state index in [0.29, 0.717) is 18.9 Å². The molecule has 1 amide bonds. The van der Waals surface area contributed by atoms with Crippen molar-refractivity contribution in [2.24, 2.45) is 11.7 Å². The first-order valence-corrected chi connectivity index (χ1v) is 7.19. The number of amides is 1. The molecule has 0 spiro atoms. The summed E-state index contributed by atoms with van der Waals surface area (Å²) in [6, 6.07) is 0.163. The molecule has 1 aliphatic rings. The molecule has 0 heterocycles. The summed E-state index contributed by atoms with van der Waals surface area (Å²) in [5, 5.41) is 3.10. The first kappa shape index (κ1) is 15.4. The Hall–Kier alpha value is -0.610. The van der Waals surface area contributed by atoms with E-state index in [1.54, 1.807) is 7.11 Å². The van der Waals surface area contributed by atoms with Crippen molar-refractivity contribution in [3.8, 4) is 0 Å². The lowest BCUT2D eigenvalue weighted by atomic mass is 9.84. The topological polar surface area (TPSA) is 64.3 Å². The summed E-state index contributed by atoms with van der Waals surface area (Å²) in [5.41, 5.74) is 5.79. The molecular formula is C14H28N2O2. The molecule has 1 aliphatic carbocycles. The van der Waals surface area contributed by atoms with E-state index in [2.05, 4.69) is 5.32 Å². The molecule has 1 rings (SSSR count). The number of hydrogen-bond donors (Lipinski definition) is 2. The Labute approximate surface area is 111 Å². The van der Waals surface area contributed by atoms with E-state index < -0.39 is 0 Å². The number of hydrogen-bond acceptors (Lipinski definition) is 3. The Morgan fingerprint density at radius 2 is 2.06 bits per heavy atom. The molecule has 4 heteroatoms. The number of carbonyl (C=O) groups excluding carboxylic acids is 1. The summed E-state index contributed by atoms with van der Waals surface area (Å²) in [4.78, 5) is 11.9. The van der Waals surface area contributed by atoms with Gasteiger partial charge in [0.25, 0.3) is 0 Å². The van der Waals surface area contributed by atoms with E-state index in [0.717, 1.165) is 6.42 Å². The van der Waals surface area contributed by atoms with Crippen LogP contribution in [0.3, 0.4) is 0 Å². The maximum atomic E-state index is 11.9. The molecule has 0 saturated heterocycles. The van der Waals surface area contributed by atoms with E-state index >= 15 is 0 Å². The first-order valence-electron chi connectivity index (χ1n) is 7.19. The highest BCUT2D eigenvalue weighted by Crippen LogP contribution is 2.26. The summed E-state index contributed by atoms with van der Waals surface area (Å²) in [5.74, 6) is 0.687. The van der Waals surface area contributed by atoms with Gasteiger partial charge in [-0.2, -0.15) is 0 Å². The molecule has 0 bridgehead atoms. The minimum atomic E-state index is 0.111. The zero-order valence-electron chi connectivity index (χ0n) is 11.8. The fourth-order valence-electron chi connectivity index (χ4n) is 2.64. The monoisotopic (exact) mass is 256 g/mol. The van der Waals surface area contributed by atoms with Crippen LogP contribution in [-0.2, 0) is 9.53 Å². The summed E-state index contributed by atoms with van der Waals surface area (Å²) >= 11 is 0. The van der Waals surface area contributed by atoms with Crippen LogP contribution in [0.4, 0.5) is 0 Å². The van der Waals surface area contributed by atoms with Gasteiger partial charge in [0.15, 0.2) is 0 Å². The van der Waals surface area contributed by atoms with Crippen LogP contribution >= 0.6 is 0 Å². The molecule has 0 radical (unpaired) electrons. The van der Waals surface area contributed by atoms with E-state index in [1.807, 2.05) is 6.92 Å². The molecule has 3 N–H and O–H groups in total. The lowest BCUT2D eigenvalue weighted by Crippen LogP contribution is -2.46. The highest BCUT2D eigenvalue weighted by atomic mass is 16.5. The molecule has 106 valence electrons. The van der Waals surface area contributed by atoms with Crippen molar-refractivity contribution in [1.29, 1.82) is 0 Å². The summed E-state index contributed by atoms with van der Waals surface area (Å²) in [6.45, 7) is 2.53. The second-order valence-electron chi connectivity index (χ2n) is 5.39. The minimum Gasteiger partial charge on any atom is -0.382 e. The molecule has 2 atom stereocenters. The molecule has 1 fully saturated rings. The lowest BCUT2D eigenvalue weighted by molar-refractivity contribution is -0.122. The van der Waals surface area contributed by atoms with E-state index in [1.165, 1.54) is 32.1 Å². The van der Waals surface area contributed by atoms with Crippen molar-refractivity contribution >= 4 is 5.91 Å². The van der Waals surface area contributed by atoms with Gasteiger partial charge in [-0.3, -0.25) is 4.79 Å². The lowest BCUT2D eigenvalue weighted by Gasteiger charge is -2.30. The van der Waals surface area contributed by atoms with Crippen molar-refractivity contribution < 1.29 is 9.53 Å². The molecule has 4 nitrogen and oxygen atoms in total. The van der Waals surface area contributed by atoms with Gasteiger partial charge in [0.1, 0.15) is 0 Å². The third-order valence-electron chi connectivity index (χ3n) is 4.00. The Kier molecular flexibility index (Phi) is 7.28. The zero-order chi connectivity index (χ0) is 13.4. The normalized spacial score (nSPS) is 20.4. The van der Waals surface area contributed by atoms with Gasteiger partial charge in [0.05, 0.1) is 6.10 Å². The maximum Gasteiger partial charge on any atom is 0.220 e. The Morgan fingerprint density at radius 3 is 2.61 bits per heavy atom. The van der Waals surface area contributed by atoms with Crippen LogP contribution in [0.25, 0.3) is 0 Å². The molecule has 0 aromatic carbocycles. The second kappa shape index (κ2) is 8.48. The quantitative estimate of drug-likeness (QED) is 0.730. The Bertz CT molecular complexity index is 240. The van der Waals surface area contributed by atoms with Crippen molar-refractivity contribution in [3.05, 3.63) is 0 Å². The van der Waals surface area contributed by atoms with Gasteiger partial charge in [-0.1, -0.05) is 19.3 Å². The molecule has 0 aliphatic heterocycles. The second-order valence-corrected chi connectivity index (χ2v) is 5.39. The van der Waals surface area contributed by atoms with Crippen LogP contribution in [0.1, 0.15) is 51.9 Å². The third kappa shape index (κ3) is 5.36. The molecule has 2 unspecified atom stereocenters. The standard InChI is InChI=1S/C14H28N2O2/c1-11(18-2)8-9-14(17)16-13(10-15)12-6-4-3-5-7-12/h11-13H,3-10,15H2,1-2H3,(H,16,17). The fraction of sp³-hybridized carbons (Fsp3) is 0.929. The fourth-order valence-corrected chi connectivity index (χ4v) is 2.64. The number of methoxy groups -OCH3 is 1. The van der Waals surface area contributed by atoms with Crippen LogP contribution in [0.2, 0.25) is 0 Å². The highest BCUT2D eigenvalue weighted by Gasteiger charge is 2.23. The van der Waals surface area contributed by atoms with Gasteiger partial charge in [-0.25, -0.2) is 0 Å². The van der Waals surface area contributed by atoms with Gasteiger partial charge in [-0.05, 0) is 32.1 Å². The zero-order valence-corrected chi connectivity index (χ0v) is 11.8. The first-order chi connectivity index (χ1) is 8.67. The van der Waals surface area contributed by atoms with Gasteiger partial charge in [-0.15, -0.1) is 0 Å². The van der Waals surface area contributed by atoms with Gasteiger partial charge in [0.2, 0.25) is 5.91 Å². The number of carbonyl (C=O) groups is 1. The van der Waals surface area contributed by atoms with Crippen LogP contribution < -0.4 is 11.1 Å². The Balaban J connectivity index is 2.30. The maximum absolute atomic E-state index is 11.9. The predicted octanol–water partition coefficient (Wildman–Crippen LogP) is 1.83. The van der Waals surface area contributed by atoms with Crippen LogP contribution in [0.5, 0.6) is 0 Å². The van der Waals surface area contributed by atoms with Gasteiger partial charge in [0, 0.05) is 26.1 Å². The van der Waals surface area contributed by atoms with Crippen molar-refractivity contribution in [1.82, 2.24) is 5.32 Å². The molecular weight excluding hydrogens is 228 g/mol. The number of nitrogens with one attached hydrogen (secondary N) is 1. The van der Waals surface area contributed by atoms with Crippen LogP contribution in [0, 0.1) is 5.92 Å². The SMILES string of the molecule is COC(C)CCC(=O)NC(CN)C1CCCCC1. The predicted molar refractivity (Wildman–Crippen MR) is 73.3 cm³/mol. The third-order valence-corrected chi connectivity index (χ3v) is 4.00. The summed E-state index contributed by atoms with van der Waals surface area (Å²) in [6.07, 6.45) is 7.72. The average molecular weight is 256 g/mol.